The van der Waals surface area contributed by atoms with Gasteiger partial charge in [-0.15, -0.1) is 0 Å². The second kappa shape index (κ2) is 49.1. The highest BCUT2D eigenvalue weighted by atomic mass is 32.1. The highest BCUT2D eigenvalue weighted by molar-refractivity contribution is 7.59. The quantitative estimate of drug-likeness (QED) is 0.0246. The van der Waals surface area contributed by atoms with Gasteiger partial charge in [-0.1, -0.05) is 45.9 Å². The van der Waals surface area contributed by atoms with Crippen molar-refractivity contribution in [2.24, 2.45) is 0 Å². The number of morpholine rings is 1. The molecule has 0 radical (unpaired) electrons. The van der Waals surface area contributed by atoms with E-state index in [0.717, 1.165) is 106 Å². The lowest BCUT2D eigenvalue weighted by atomic mass is 9.95. The zero-order valence-electron chi connectivity index (χ0n) is 77.1. The van der Waals surface area contributed by atoms with E-state index in [-0.39, 0.29) is 122 Å². The Hall–Kier alpha value is -14.7. The van der Waals surface area contributed by atoms with Crippen molar-refractivity contribution in [1.29, 1.82) is 0 Å². The van der Waals surface area contributed by atoms with Gasteiger partial charge in [0.15, 0.2) is 23.3 Å². The van der Waals surface area contributed by atoms with Crippen LogP contribution in [0.2, 0.25) is 0 Å². The first-order valence-electron chi connectivity index (χ1n) is 42.9. The summed E-state index contributed by atoms with van der Waals surface area (Å²) < 4.78 is 78.1. The number of para-hydroxylation sites is 1. The van der Waals surface area contributed by atoms with Crippen LogP contribution in [0.1, 0.15) is 132 Å². The molecular formula is C98H103F5N26O5S4. The number of amides is 4. The van der Waals surface area contributed by atoms with Crippen LogP contribution in [0.3, 0.4) is 0 Å². The lowest BCUT2D eigenvalue weighted by Crippen LogP contribution is -2.36. The first-order valence-corrected chi connectivity index (χ1v) is 42.9. The molecule has 8 N–H and O–H groups in total. The Morgan fingerprint density at radius 2 is 0.703 bits per heavy atom. The average molecular weight is 1950 g/mol. The van der Waals surface area contributed by atoms with Crippen molar-refractivity contribution in [2.75, 3.05) is 107 Å². The number of aryl methyl sites for hydroxylation is 3. The van der Waals surface area contributed by atoms with Crippen LogP contribution >= 0.6 is 54.0 Å². The standard InChI is InChI=1S/C27H29N7O2.2C24H22F2N6O.C23H22FN7O.4H2S/c1-18(20-4-3-5-21-22(27(35)28-2)8-9-29-26(20)21)15-30-24-14-23(32-17-33-24)19-6-7-25(31-16-19)34-10-12-36-13-11-34;2*1-13(10-30-20-9-19(31-12-32-20)15-5-4-14(2)29-11-15)17-8-18(25)22(26)21-16(24(33)27-3)6-7-28-23(17)21;1-13(9-29-21-8-20(30-12-31-21)15-10-27-14(2)28-11-15)18-6-16(24)7-19-17(23(32)25-3)4-5-26-22(18)19;;;;/h3-9,14,16-18H,10-13,15H2,1-2H3,(H,28,35)(H,30,32,33);2*4-9,11-13H,10H2,1-3H3,(H,27,33)(H,30,31,32);4-8,10-13H,9H2,1-3H3,(H,25,32)(H,29,30,31);4*1H2/t18-;3*13-;;;;/m1111..../s1. The number of anilines is 5. The molecule has 40 heteroatoms. The molecule has 1 saturated heterocycles. The van der Waals surface area contributed by atoms with Gasteiger partial charge in [-0.3, -0.25) is 49.1 Å². The molecule has 13 heterocycles. The molecule has 31 nitrogen and oxygen atoms in total. The van der Waals surface area contributed by atoms with Gasteiger partial charge in [-0.2, -0.15) is 54.0 Å². The summed E-state index contributed by atoms with van der Waals surface area (Å²) in [6.07, 6.45) is 20.8. The van der Waals surface area contributed by atoms with Crippen molar-refractivity contribution in [3.8, 4) is 45.0 Å². The molecule has 12 aromatic heterocycles. The van der Waals surface area contributed by atoms with E-state index in [1.807, 2.05) is 108 Å². The van der Waals surface area contributed by atoms with Gasteiger partial charge in [-0.25, -0.2) is 76.8 Å². The van der Waals surface area contributed by atoms with Crippen LogP contribution in [0.25, 0.3) is 88.6 Å². The van der Waals surface area contributed by atoms with Crippen LogP contribution in [0.5, 0.6) is 0 Å². The van der Waals surface area contributed by atoms with E-state index in [1.165, 1.54) is 69.7 Å². The summed E-state index contributed by atoms with van der Waals surface area (Å²) in [5.41, 5.74) is 14.0. The Morgan fingerprint density at radius 3 is 1.09 bits per heavy atom. The number of hydrogen-bond acceptors (Lipinski definition) is 27. The van der Waals surface area contributed by atoms with Gasteiger partial charge < -0.3 is 52.2 Å². The summed E-state index contributed by atoms with van der Waals surface area (Å²) in [6, 6.07) is 36.2. The molecule has 1 aliphatic heterocycles. The molecule has 0 spiro atoms. The van der Waals surface area contributed by atoms with Crippen LogP contribution in [0.15, 0.2) is 208 Å². The molecule has 714 valence electrons. The topological polar surface area (TPSA) is 396 Å². The van der Waals surface area contributed by atoms with Crippen LogP contribution in [0.4, 0.5) is 51.0 Å². The maximum atomic E-state index is 14.6. The molecule has 17 rings (SSSR count). The van der Waals surface area contributed by atoms with Gasteiger partial charge in [0.05, 0.1) is 91.1 Å². The van der Waals surface area contributed by atoms with Gasteiger partial charge in [0, 0.05) is 216 Å². The molecule has 1 fully saturated rings. The number of fused-ring (bicyclic) bond motifs is 4. The highest BCUT2D eigenvalue weighted by Gasteiger charge is 2.27. The molecular weight excluding hydrogens is 1840 g/mol. The lowest BCUT2D eigenvalue weighted by Gasteiger charge is -2.27. The van der Waals surface area contributed by atoms with E-state index in [4.69, 9.17) is 4.74 Å². The zero-order valence-corrected chi connectivity index (χ0v) is 81.1. The molecule has 0 aliphatic carbocycles. The third-order valence-corrected chi connectivity index (χ3v) is 22.4. The van der Waals surface area contributed by atoms with Crippen molar-refractivity contribution >= 4 is 150 Å². The van der Waals surface area contributed by atoms with Crippen molar-refractivity contribution in [3.63, 3.8) is 0 Å². The third kappa shape index (κ3) is 25.3. The van der Waals surface area contributed by atoms with Crippen LogP contribution in [-0.4, -0.2) is 189 Å². The van der Waals surface area contributed by atoms with E-state index in [2.05, 4.69) is 145 Å². The number of halogens is 5. The number of nitrogens with zero attached hydrogens (tertiary/aromatic N) is 18. The molecule has 1 aliphatic rings. The Morgan fingerprint density at radius 1 is 0.355 bits per heavy atom. The Labute approximate surface area is 820 Å². The first kappa shape index (κ1) is 105. The minimum Gasteiger partial charge on any atom is -0.378 e. The number of pyridine rings is 7. The Bertz CT molecular complexity index is 6750. The van der Waals surface area contributed by atoms with Crippen LogP contribution < -0.4 is 47.4 Å². The number of hydrogen-bond donors (Lipinski definition) is 8. The van der Waals surface area contributed by atoms with E-state index in [1.54, 1.807) is 81.9 Å². The molecule has 138 heavy (non-hydrogen) atoms. The minimum atomic E-state index is -1.09. The van der Waals surface area contributed by atoms with Gasteiger partial charge >= 0.3 is 0 Å². The van der Waals surface area contributed by atoms with Crippen LogP contribution in [0, 0.1) is 49.9 Å². The second-order valence-electron chi connectivity index (χ2n) is 31.5. The minimum absolute atomic E-state index is 0. The Kier molecular flexibility index (Phi) is 37.5. The zero-order chi connectivity index (χ0) is 94.6. The maximum Gasteiger partial charge on any atom is 0.251 e. The van der Waals surface area contributed by atoms with Gasteiger partial charge in [0.25, 0.3) is 23.6 Å². The Balaban J connectivity index is 0.000000188. The normalized spacial score (nSPS) is 12.2. The molecule has 4 amide bonds. The van der Waals surface area contributed by atoms with E-state index in [0.29, 0.717) is 105 Å². The van der Waals surface area contributed by atoms with Crippen molar-refractivity contribution < 1.29 is 45.9 Å². The summed E-state index contributed by atoms with van der Waals surface area (Å²) in [6.45, 7) is 18.5. The second-order valence-corrected chi connectivity index (χ2v) is 31.5. The molecule has 0 saturated carbocycles. The number of aromatic nitrogens is 17. The predicted molar refractivity (Wildman–Crippen MR) is 546 cm³/mol. The fourth-order valence-electron chi connectivity index (χ4n) is 15.1. The summed E-state index contributed by atoms with van der Waals surface area (Å²) in [5, 5.41) is 24.4. The molecule has 0 bridgehead atoms. The summed E-state index contributed by atoms with van der Waals surface area (Å²) in [5.74, 6) is -2.43. The number of carbonyl (C=O) groups is 4. The molecule has 4 atom stereocenters. The van der Waals surface area contributed by atoms with Gasteiger partial charge in [-0.05, 0) is 128 Å². The van der Waals surface area contributed by atoms with Gasteiger partial charge in [0.1, 0.15) is 66.0 Å². The molecule has 0 unspecified atom stereocenters. The van der Waals surface area contributed by atoms with E-state index >= 15 is 0 Å². The average Bonchev–Trinajstić information content (AvgIpc) is 0.776. The predicted octanol–water partition coefficient (Wildman–Crippen LogP) is 16.0. The fourth-order valence-corrected chi connectivity index (χ4v) is 15.1. The smallest absolute Gasteiger partial charge is 0.251 e. The monoisotopic (exact) mass is 1950 g/mol. The molecule has 16 aromatic rings. The number of carbonyl (C=O) groups excluding carboxylic acids is 4. The van der Waals surface area contributed by atoms with Crippen molar-refractivity contribution in [2.45, 2.75) is 72.1 Å². The molecule has 4 aromatic carbocycles. The maximum absolute atomic E-state index is 14.6. The van der Waals surface area contributed by atoms with E-state index < -0.39 is 40.9 Å². The number of benzene rings is 4. The van der Waals surface area contributed by atoms with Crippen LogP contribution in [-0.2, 0) is 4.74 Å². The summed E-state index contributed by atoms with van der Waals surface area (Å²) in [7, 11) is 6.04. The number of rotatable bonds is 25. The van der Waals surface area contributed by atoms with E-state index in [9.17, 15) is 41.1 Å². The highest BCUT2D eigenvalue weighted by Crippen LogP contribution is 2.36. The largest absolute Gasteiger partial charge is 0.378 e. The first-order chi connectivity index (χ1) is 64.9. The van der Waals surface area contributed by atoms with Crippen molar-refractivity contribution in [3.05, 3.63) is 299 Å². The summed E-state index contributed by atoms with van der Waals surface area (Å²) >= 11 is 0. The lowest BCUT2D eigenvalue weighted by molar-refractivity contribution is 0.0956. The SMILES string of the molecule is CNC(=O)c1ccnc2c([C@H](C)CNc3cc(-c4ccc(C)nc4)ncn3)cc(F)c(F)c12.CNC(=O)c1ccnc2c([C@H](C)CNc3cc(-c4ccc(C)nc4)ncn3)cc(F)c(F)c12.CNC(=O)c1ccnc2c([C@H](C)CNc3cc(-c4ccc(N5CCOCC5)nc4)ncn3)cccc12.CNC(=O)c1ccnc2c([C@H](C)CNc3cc(-c4cnc(C)nc4)ncn3)cc(F)cc12.S.S.S.S. The number of nitrogens with one attached hydrogen (secondary N) is 8. The number of ether oxygens (including phenoxy) is 1. The fraction of sp³-hybridized carbons (Fsp3) is 0.235. The van der Waals surface area contributed by atoms with Crippen molar-refractivity contribution in [1.82, 2.24) is 106 Å². The summed E-state index contributed by atoms with van der Waals surface area (Å²) in [4.78, 5) is 125. The van der Waals surface area contributed by atoms with Gasteiger partial charge in [0.2, 0.25) is 0 Å². The third-order valence-electron chi connectivity index (χ3n) is 22.4.